The number of aromatic nitrogens is 2. The van der Waals surface area contributed by atoms with Gasteiger partial charge in [0.05, 0.1) is 26.8 Å². The Morgan fingerprint density at radius 3 is 2.67 bits per heavy atom. The van der Waals surface area contributed by atoms with Crippen molar-refractivity contribution in [1.82, 2.24) is 9.55 Å². The summed E-state index contributed by atoms with van der Waals surface area (Å²) in [5.74, 6) is -0.970. The zero-order valence-electron chi connectivity index (χ0n) is 10.4. The molecular formula is C14H7BrF2N4. The van der Waals surface area contributed by atoms with Crippen LogP contribution in [-0.2, 0) is 0 Å². The molecule has 0 saturated carbocycles. The summed E-state index contributed by atoms with van der Waals surface area (Å²) < 4.78 is 28.9. The highest BCUT2D eigenvalue weighted by Gasteiger charge is 2.14. The first-order chi connectivity index (χ1) is 10.0. The fourth-order valence-electron chi connectivity index (χ4n) is 2.10. The molecule has 1 aromatic heterocycles. The number of fused-ring (bicyclic) bond motifs is 1. The van der Waals surface area contributed by atoms with E-state index in [-0.39, 0.29) is 16.0 Å². The van der Waals surface area contributed by atoms with E-state index in [0.717, 1.165) is 6.07 Å². The van der Waals surface area contributed by atoms with Crippen LogP contribution in [0.15, 0.2) is 34.8 Å². The van der Waals surface area contributed by atoms with Gasteiger partial charge in [-0.05, 0) is 40.2 Å². The standard InChI is InChI=1S/C14H7BrF2N4/c15-9-4-12-13(5-11(9)17)21(14(19)20-12)8-1-2-10(16)7(3-8)6-18/h1-5H,(H2,19,20). The third kappa shape index (κ3) is 2.14. The Morgan fingerprint density at radius 2 is 1.95 bits per heavy atom. The van der Waals surface area contributed by atoms with Gasteiger partial charge in [-0.25, -0.2) is 13.8 Å². The molecule has 0 aliphatic carbocycles. The summed E-state index contributed by atoms with van der Waals surface area (Å²) in [6, 6.07) is 8.49. The fraction of sp³-hybridized carbons (Fsp3) is 0. The number of nitriles is 1. The average Bonchev–Trinajstić information content (AvgIpc) is 2.75. The summed E-state index contributed by atoms with van der Waals surface area (Å²) in [6.07, 6.45) is 0. The highest BCUT2D eigenvalue weighted by molar-refractivity contribution is 9.10. The van der Waals surface area contributed by atoms with Crippen molar-refractivity contribution in [2.24, 2.45) is 0 Å². The zero-order chi connectivity index (χ0) is 15.1. The molecule has 2 aromatic carbocycles. The van der Waals surface area contributed by atoms with Crippen molar-refractivity contribution in [3.63, 3.8) is 0 Å². The summed E-state index contributed by atoms with van der Waals surface area (Å²) in [7, 11) is 0. The Balaban J connectivity index is 2.32. The van der Waals surface area contributed by atoms with Crippen LogP contribution in [0.4, 0.5) is 14.7 Å². The molecule has 2 N–H and O–H groups in total. The third-order valence-corrected chi connectivity index (χ3v) is 3.66. The molecule has 0 saturated heterocycles. The van der Waals surface area contributed by atoms with Crippen LogP contribution in [0.5, 0.6) is 0 Å². The van der Waals surface area contributed by atoms with Gasteiger partial charge in [0, 0.05) is 6.07 Å². The lowest BCUT2D eigenvalue weighted by molar-refractivity contribution is 0.621. The van der Waals surface area contributed by atoms with Gasteiger partial charge in [-0.1, -0.05) is 0 Å². The van der Waals surface area contributed by atoms with E-state index in [9.17, 15) is 8.78 Å². The van der Waals surface area contributed by atoms with E-state index in [4.69, 9.17) is 11.0 Å². The zero-order valence-corrected chi connectivity index (χ0v) is 12.0. The van der Waals surface area contributed by atoms with Gasteiger partial charge in [0.25, 0.3) is 0 Å². The largest absolute Gasteiger partial charge is 0.369 e. The van der Waals surface area contributed by atoms with Gasteiger partial charge in [-0.15, -0.1) is 0 Å². The molecule has 0 unspecified atom stereocenters. The summed E-state index contributed by atoms with van der Waals surface area (Å²) in [5.41, 5.74) is 7.10. The molecule has 4 nitrogen and oxygen atoms in total. The van der Waals surface area contributed by atoms with E-state index < -0.39 is 11.6 Å². The van der Waals surface area contributed by atoms with Crippen molar-refractivity contribution in [2.75, 3.05) is 5.73 Å². The molecule has 0 fully saturated rings. The number of hydrogen-bond acceptors (Lipinski definition) is 3. The van der Waals surface area contributed by atoms with Crippen molar-refractivity contribution in [2.45, 2.75) is 0 Å². The average molecular weight is 349 g/mol. The highest BCUT2D eigenvalue weighted by atomic mass is 79.9. The first-order valence-corrected chi connectivity index (χ1v) is 6.63. The Morgan fingerprint density at radius 1 is 1.19 bits per heavy atom. The minimum Gasteiger partial charge on any atom is -0.369 e. The molecule has 1 heterocycles. The lowest BCUT2D eigenvalue weighted by atomic mass is 10.2. The molecule has 0 bridgehead atoms. The van der Waals surface area contributed by atoms with Crippen LogP contribution < -0.4 is 5.73 Å². The molecule has 0 amide bonds. The molecule has 7 heteroatoms. The molecule has 0 aliphatic heterocycles. The van der Waals surface area contributed by atoms with Gasteiger partial charge in [0.15, 0.2) is 0 Å². The minimum absolute atomic E-state index is 0.119. The molecule has 0 aliphatic rings. The van der Waals surface area contributed by atoms with Gasteiger partial charge in [0.2, 0.25) is 5.95 Å². The van der Waals surface area contributed by atoms with Crippen LogP contribution in [0.3, 0.4) is 0 Å². The summed E-state index contributed by atoms with van der Waals surface area (Å²) >= 11 is 3.08. The number of rotatable bonds is 1. The van der Waals surface area contributed by atoms with E-state index >= 15 is 0 Å². The predicted octanol–water partition coefficient (Wildman–Crippen LogP) is 3.52. The summed E-state index contributed by atoms with van der Waals surface area (Å²) in [4.78, 5) is 4.14. The molecular weight excluding hydrogens is 342 g/mol. The SMILES string of the molecule is N#Cc1cc(-n2c(N)nc3cc(Br)c(F)cc32)ccc1F. The minimum atomic E-state index is -0.627. The predicted molar refractivity (Wildman–Crippen MR) is 77.8 cm³/mol. The van der Waals surface area contributed by atoms with Gasteiger partial charge < -0.3 is 5.73 Å². The quantitative estimate of drug-likeness (QED) is 0.731. The van der Waals surface area contributed by atoms with Crippen LogP contribution in [0, 0.1) is 23.0 Å². The van der Waals surface area contributed by atoms with Gasteiger partial charge in [0.1, 0.15) is 17.7 Å². The van der Waals surface area contributed by atoms with Gasteiger partial charge >= 0.3 is 0 Å². The Hall–Kier alpha value is -2.46. The smallest absolute Gasteiger partial charge is 0.205 e. The van der Waals surface area contributed by atoms with Crippen LogP contribution in [-0.4, -0.2) is 9.55 Å². The fourth-order valence-corrected chi connectivity index (χ4v) is 2.43. The first kappa shape index (κ1) is 13.5. The normalized spacial score (nSPS) is 10.8. The molecule has 0 spiro atoms. The molecule has 3 rings (SSSR count). The number of nitrogens with zero attached hydrogens (tertiary/aromatic N) is 3. The van der Waals surface area contributed by atoms with Crippen LogP contribution in [0.2, 0.25) is 0 Å². The lowest BCUT2D eigenvalue weighted by Gasteiger charge is -2.07. The molecule has 0 radical (unpaired) electrons. The highest BCUT2D eigenvalue weighted by Crippen LogP contribution is 2.28. The summed E-state index contributed by atoms with van der Waals surface area (Å²) in [5, 5.41) is 8.89. The Bertz CT molecular complexity index is 911. The third-order valence-electron chi connectivity index (χ3n) is 3.05. The van der Waals surface area contributed by atoms with Crippen molar-refractivity contribution in [3.8, 4) is 11.8 Å². The van der Waals surface area contributed by atoms with E-state index in [1.165, 1.54) is 28.8 Å². The second kappa shape index (κ2) is 4.82. The second-order valence-electron chi connectivity index (χ2n) is 4.34. The van der Waals surface area contributed by atoms with Crippen molar-refractivity contribution in [1.29, 1.82) is 5.26 Å². The maximum atomic E-state index is 13.7. The number of nitrogen functional groups attached to an aromatic ring is 1. The Labute approximate surface area is 126 Å². The van der Waals surface area contributed by atoms with E-state index in [1.54, 1.807) is 6.07 Å². The number of hydrogen-bond donors (Lipinski definition) is 1. The molecule has 3 aromatic rings. The second-order valence-corrected chi connectivity index (χ2v) is 5.19. The van der Waals surface area contributed by atoms with Crippen LogP contribution >= 0.6 is 15.9 Å². The lowest BCUT2D eigenvalue weighted by Crippen LogP contribution is -2.01. The van der Waals surface area contributed by atoms with E-state index in [0.29, 0.717) is 16.7 Å². The first-order valence-electron chi connectivity index (χ1n) is 5.84. The monoisotopic (exact) mass is 348 g/mol. The van der Waals surface area contributed by atoms with E-state index in [2.05, 4.69) is 20.9 Å². The van der Waals surface area contributed by atoms with Crippen molar-refractivity contribution >= 4 is 32.9 Å². The molecule has 104 valence electrons. The number of anilines is 1. The number of benzene rings is 2. The van der Waals surface area contributed by atoms with Crippen LogP contribution in [0.25, 0.3) is 16.7 Å². The number of imidazole rings is 1. The number of halogens is 3. The molecule has 0 atom stereocenters. The van der Waals surface area contributed by atoms with Crippen molar-refractivity contribution in [3.05, 3.63) is 52.0 Å². The van der Waals surface area contributed by atoms with Crippen molar-refractivity contribution < 1.29 is 8.78 Å². The topological polar surface area (TPSA) is 67.6 Å². The number of nitrogens with two attached hydrogens (primary N) is 1. The summed E-state index contributed by atoms with van der Waals surface area (Å²) in [6.45, 7) is 0. The van der Waals surface area contributed by atoms with Gasteiger partial charge in [-0.2, -0.15) is 5.26 Å². The van der Waals surface area contributed by atoms with Crippen LogP contribution in [0.1, 0.15) is 5.56 Å². The maximum absolute atomic E-state index is 13.7. The van der Waals surface area contributed by atoms with E-state index in [1.807, 2.05) is 0 Å². The molecule has 21 heavy (non-hydrogen) atoms. The van der Waals surface area contributed by atoms with Gasteiger partial charge in [-0.3, -0.25) is 4.57 Å². The maximum Gasteiger partial charge on any atom is 0.205 e. The Kier molecular flexibility index (Phi) is 3.11.